The Balaban J connectivity index is 0.00000363. The van der Waals surface area contributed by atoms with Gasteiger partial charge in [0.05, 0.1) is 9.79 Å². The first-order valence-electron chi connectivity index (χ1n) is 8.48. The van der Waals surface area contributed by atoms with Crippen LogP contribution in [-0.2, 0) is 43.7 Å². The van der Waals surface area contributed by atoms with Gasteiger partial charge in [-0.15, -0.1) is 16.8 Å². The largest absolute Gasteiger partial charge is 1.00 e. The van der Waals surface area contributed by atoms with Gasteiger partial charge in [-0.3, -0.25) is 0 Å². The topological polar surface area (TPSA) is 180 Å². The molecule has 0 spiro atoms. The molecule has 0 aliphatic carbocycles. The molecule has 2 N–H and O–H groups in total. The molecule has 0 bridgehead atoms. The Hall–Kier alpha value is -0.801. The van der Waals surface area contributed by atoms with Crippen molar-refractivity contribution in [1.29, 1.82) is 0 Å². The Labute approximate surface area is 250 Å². The van der Waals surface area contributed by atoms with Crippen molar-refractivity contribution in [2.45, 2.75) is 16.2 Å². The van der Waals surface area contributed by atoms with E-state index in [1.807, 2.05) is 0 Å². The van der Waals surface area contributed by atoms with Crippen molar-refractivity contribution in [3.63, 3.8) is 0 Å². The average molecular weight is 572 g/mol. The molecule has 0 saturated heterocycles. The van der Waals surface area contributed by atoms with Crippen molar-refractivity contribution < 1.29 is 112 Å². The van der Waals surface area contributed by atoms with Crippen molar-refractivity contribution in [2.24, 2.45) is 10.2 Å². The van der Waals surface area contributed by atoms with Crippen LogP contribution in [0.5, 0.6) is 11.5 Å². The summed E-state index contributed by atoms with van der Waals surface area (Å²) >= 11 is 0. The number of hydrogen-bond donors (Lipinski definition) is 2. The van der Waals surface area contributed by atoms with Crippen LogP contribution in [0.15, 0.2) is 75.1 Å². The number of fused-ring (bicyclic) bond motifs is 1. The van der Waals surface area contributed by atoms with Crippen molar-refractivity contribution >= 4 is 42.4 Å². The summed E-state index contributed by atoms with van der Waals surface area (Å²) < 4.78 is 68.5. The smallest absolute Gasteiger partial charge is 0.744 e. The Bertz CT molecular complexity index is 1460. The minimum Gasteiger partial charge on any atom is -0.744 e. The average Bonchev–Trinajstić information content (AvgIpc) is 2.67. The Morgan fingerprint density at radius 3 is 2.12 bits per heavy atom. The molecule has 0 aliphatic rings. The fourth-order valence-electron chi connectivity index (χ4n) is 2.82. The summed E-state index contributed by atoms with van der Waals surface area (Å²) in [6.45, 7) is 3.60. The summed E-state index contributed by atoms with van der Waals surface area (Å²) in [6, 6.07) is 8.11. The summed E-state index contributed by atoms with van der Waals surface area (Å²) in [5, 5.41) is 27.8. The van der Waals surface area contributed by atoms with Crippen molar-refractivity contribution in [1.82, 2.24) is 0 Å². The third-order valence-corrected chi connectivity index (χ3v) is 5.94. The van der Waals surface area contributed by atoms with Gasteiger partial charge in [-0.25, -0.2) is 16.8 Å². The summed E-state index contributed by atoms with van der Waals surface area (Å²) in [5.41, 5.74) is 0.258. The molecule has 0 aliphatic heterocycles. The van der Waals surface area contributed by atoms with E-state index in [2.05, 4.69) is 16.8 Å². The first-order chi connectivity index (χ1) is 14.4. The Kier molecular flexibility index (Phi) is 12.6. The summed E-state index contributed by atoms with van der Waals surface area (Å²) in [4.78, 5) is -1.74. The molecule has 3 rings (SSSR count). The van der Waals surface area contributed by atoms with E-state index in [1.165, 1.54) is 12.1 Å². The number of rotatable bonds is 6. The third kappa shape index (κ3) is 7.60. The van der Waals surface area contributed by atoms with E-state index >= 15 is 0 Å². The van der Waals surface area contributed by atoms with Gasteiger partial charge in [0.1, 0.15) is 37.4 Å². The zero-order valence-electron chi connectivity index (χ0n) is 17.9. The van der Waals surface area contributed by atoms with Crippen molar-refractivity contribution in [2.75, 3.05) is 0 Å². The van der Waals surface area contributed by atoms with Crippen LogP contribution in [0.2, 0.25) is 0 Å². The number of phenolic OH excluding ortho intramolecular Hbond substituents is 2. The van der Waals surface area contributed by atoms with Crippen LogP contribution in [-0.4, -0.2) is 36.2 Å². The normalized spacial score (nSPS) is 11.4. The Morgan fingerprint density at radius 1 is 0.912 bits per heavy atom. The number of benzene rings is 3. The molecule has 0 atom stereocenters. The first kappa shape index (κ1) is 33.2. The second-order valence-corrected chi connectivity index (χ2v) is 9.11. The molecule has 1 radical (unpaired) electrons. The van der Waals surface area contributed by atoms with Gasteiger partial charge < -0.3 is 19.3 Å². The van der Waals surface area contributed by atoms with E-state index in [1.54, 1.807) is 12.1 Å². The van der Waals surface area contributed by atoms with E-state index in [4.69, 9.17) is 0 Å². The second kappa shape index (κ2) is 12.9. The number of azo groups is 1. The van der Waals surface area contributed by atoms with Gasteiger partial charge in [0.15, 0.2) is 5.75 Å². The van der Waals surface area contributed by atoms with Crippen LogP contribution in [0, 0.1) is 0 Å². The summed E-state index contributed by atoms with van der Waals surface area (Å²) in [5.74, 6) is -1.27. The maximum Gasteiger partial charge on any atom is 1.00 e. The van der Waals surface area contributed by atoms with E-state index < -0.39 is 41.5 Å². The molecule has 0 unspecified atom stereocenters. The zero-order chi connectivity index (χ0) is 23.0. The van der Waals surface area contributed by atoms with E-state index in [9.17, 15) is 36.2 Å². The number of hydrogen-bond acceptors (Lipinski definition) is 10. The maximum atomic E-state index is 11.6. The molecule has 10 nitrogen and oxygen atoms in total. The van der Waals surface area contributed by atoms with Gasteiger partial charge in [0, 0.05) is 22.5 Å². The zero-order valence-corrected chi connectivity index (χ0v) is 24.5. The molecule has 0 aromatic heterocycles. The molecule has 0 amide bonds. The van der Waals surface area contributed by atoms with Gasteiger partial charge in [-0.2, -0.15) is 0 Å². The van der Waals surface area contributed by atoms with E-state index in [-0.39, 0.29) is 98.4 Å². The molecular formula is C19H14CuN2Na2O8S2. The van der Waals surface area contributed by atoms with E-state index in [0.29, 0.717) is 6.42 Å². The standard InChI is InChI=1S/C19H16N2O8S2.Cu.2Na/c1-2-3-11-4-7-16(22)15(8-11)20-21-18-14-6-5-13(30(24,25)26)9-12(14)10-17(19(18)23)31(27,28)29;;;/h2,4-10,22-23H,1,3H2,(H,24,25,26)(H,27,28,29);;;/q;;2*+1/p-2. The molecule has 0 saturated carbocycles. The van der Waals surface area contributed by atoms with Crippen LogP contribution >= 0.6 is 0 Å². The summed E-state index contributed by atoms with van der Waals surface area (Å²) in [7, 11) is -10.1. The fourth-order valence-corrected chi connectivity index (χ4v) is 3.93. The number of phenols is 2. The molecule has 3 aromatic carbocycles. The van der Waals surface area contributed by atoms with Gasteiger partial charge in [0.25, 0.3) is 0 Å². The van der Waals surface area contributed by atoms with Crippen molar-refractivity contribution in [3.8, 4) is 11.5 Å². The molecule has 173 valence electrons. The second-order valence-electron chi connectivity index (χ2n) is 6.38. The number of allylic oxidation sites excluding steroid dienone is 1. The van der Waals surface area contributed by atoms with Crippen LogP contribution < -0.4 is 59.1 Å². The van der Waals surface area contributed by atoms with Crippen LogP contribution in [0.1, 0.15) is 5.56 Å². The predicted molar refractivity (Wildman–Crippen MR) is 108 cm³/mol. The monoisotopic (exact) mass is 571 g/mol. The van der Waals surface area contributed by atoms with Gasteiger partial charge in [0.2, 0.25) is 0 Å². The first-order valence-corrected chi connectivity index (χ1v) is 11.3. The molecule has 34 heavy (non-hydrogen) atoms. The molecule has 0 heterocycles. The Morgan fingerprint density at radius 2 is 1.56 bits per heavy atom. The van der Waals surface area contributed by atoms with Crippen LogP contribution in [0.25, 0.3) is 10.8 Å². The SMILES string of the molecule is C=CCc1ccc(O)c(N=Nc2c(O)c(S(=O)(=O)[O-])cc3cc(S(=O)(=O)[O-])ccc23)c1.[Cu].[Na+].[Na+]. The minimum atomic E-state index is -5.19. The number of aromatic hydroxyl groups is 2. The van der Waals surface area contributed by atoms with Gasteiger partial charge >= 0.3 is 59.1 Å². The maximum absolute atomic E-state index is 11.6. The molecule has 15 heteroatoms. The third-order valence-electron chi connectivity index (χ3n) is 4.26. The summed E-state index contributed by atoms with van der Waals surface area (Å²) in [6.07, 6.45) is 2.09. The molecular weight excluding hydrogens is 558 g/mol. The van der Waals surface area contributed by atoms with E-state index in [0.717, 1.165) is 29.8 Å². The number of nitrogens with zero attached hydrogens (tertiary/aromatic N) is 2. The quantitative estimate of drug-likeness (QED) is 0.138. The van der Waals surface area contributed by atoms with Gasteiger partial charge in [-0.05, 0) is 47.7 Å². The van der Waals surface area contributed by atoms with Crippen LogP contribution in [0.3, 0.4) is 0 Å². The molecule has 3 aromatic rings. The van der Waals surface area contributed by atoms with Gasteiger partial charge in [-0.1, -0.05) is 18.2 Å². The predicted octanol–water partition coefficient (Wildman–Crippen LogP) is -2.79. The van der Waals surface area contributed by atoms with Crippen LogP contribution in [0.4, 0.5) is 11.4 Å². The fraction of sp³-hybridized carbons (Fsp3) is 0.0526. The van der Waals surface area contributed by atoms with Crippen molar-refractivity contribution in [3.05, 3.63) is 60.7 Å². The minimum absolute atomic E-state index is 0. The molecule has 0 fully saturated rings.